The lowest BCUT2D eigenvalue weighted by atomic mass is 10.1. The van der Waals surface area contributed by atoms with Gasteiger partial charge in [0.25, 0.3) is 0 Å². The Hall–Kier alpha value is -5.78. The van der Waals surface area contributed by atoms with Crippen molar-refractivity contribution in [2.75, 3.05) is 0 Å². The van der Waals surface area contributed by atoms with Gasteiger partial charge in [0.05, 0.1) is 11.0 Å². The smallest absolute Gasteiger partial charge is 0.164 e. The van der Waals surface area contributed by atoms with Crippen molar-refractivity contribution in [1.29, 1.82) is 0 Å². The molecule has 0 unspecified atom stereocenters. The SMILES string of the molecule is C1=Cc2cc3c(cc2Sc2ccccc21)c1ccccc1n3-c1cccc(-c2nc(-c3ccccc3)nc(-c3ccccc3)n2)c1.CC(C)C. The van der Waals surface area contributed by atoms with E-state index >= 15 is 0 Å². The highest BCUT2D eigenvalue weighted by Crippen LogP contribution is 2.42. The Balaban J connectivity index is 0.000000859. The lowest BCUT2D eigenvalue weighted by Crippen LogP contribution is -2.01. The van der Waals surface area contributed by atoms with E-state index in [0.29, 0.717) is 17.5 Å². The Kier molecular flexibility index (Phi) is 8.57. The lowest BCUT2D eigenvalue weighted by molar-refractivity contribution is 0.737. The molecule has 4 nitrogen and oxygen atoms in total. The summed E-state index contributed by atoms with van der Waals surface area (Å²) in [7, 11) is 0. The van der Waals surface area contributed by atoms with Crippen LogP contribution in [0, 0.1) is 5.92 Å². The average molecular weight is 665 g/mol. The number of fused-ring (bicyclic) bond motifs is 5. The minimum Gasteiger partial charge on any atom is -0.309 e. The van der Waals surface area contributed by atoms with Crippen LogP contribution in [0.3, 0.4) is 0 Å². The fraction of sp³-hybridized carbons (Fsp3) is 0.0889. The maximum Gasteiger partial charge on any atom is 0.164 e. The van der Waals surface area contributed by atoms with Crippen LogP contribution in [0.4, 0.5) is 0 Å². The maximum atomic E-state index is 4.99. The molecule has 9 rings (SSSR count). The van der Waals surface area contributed by atoms with Crippen LogP contribution in [0.2, 0.25) is 0 Å². The fourth-order valence-corrected chi connectivity index (χ4v) is 7.30. The van der Waals surface area contributed by atoms with Gasteiger partial charge in [-0.2, -0.15) is 0 Å². The van der Waals surface area contributed by atoms with E-state index in [-0.39, 0.29) is 0 Å². The van der Waals surface area contributed by atoms with E-state index in [4.69, 9.17) is 15.0 Å². The van der Waals surface area contributed by atoms with Crippen molar-refractivity contribution in [2.45, 2.75) is 30.6 Å². The topological polar surface area (TPSA) is 43.6 Å². The second kappa shape index (κ2) is 13.6. The molecule has 0 radical (unpaired) electrons. The first-order valence-electron chi connectivity index (χ1n) is 17.0. The molecule has 6 aromatic carbocycles. The third-order valence-electron chi connectivity index (χ3n) is 8.45. The van der Waals surface area contributed by atoms with Crippen molar-refractivity contribution in [3.8, 4) is 39.9 Å². The van der Waals surface area contributed by atoms with Crippen LogP contribution in [-0.4, -0.2) is 19.5 Å². The molecule has 0 fully saturated rings. The molecule has 242 valence electrons. The van der Waals surface area contributed by atoms with E-state index in [1.807, 2.05) is 72.4 Å². The molecule has 0 aliphatic carbocycles. The number of rotatable bonds is 4. The molecule has 2 aromatic heterocycles. The van der Waals surface area contributed by atoms with E-state index in [9.17, 15) is 0 Å². The summed E-state index contributed by atoms with van der Waals surface area (Å²) < 4.78 is 2.36. The van der Waals surface area contributed by atoms with Crippen LogP contribution in [0.1, 0.15) is 31.9 Å². The predicted molar refractivity (Wildman–Crippen MR) is 210 cm³/mol. The van der Waals surface area contributed by atoms with Gasteiger partial charge in [0, 0.05) is 42.9 Å². The van der Waals surface area contributed by atoms with Crippen LogP contribution >= 0.6 is 11.8 Å². The molecule has 0 atom stereocenters. The van der Waals surface area contributed by atoms with Gasteiger partial charge >= 0.3 is 0 Å². The first kappa shape index (κ1) is 31.5. The van der Waals surface area contributed by atoms with Gasteiger partial charge in [-0.3, -0.25) is 0 Å². The van der Waals surface area contributed by atoms with Crippen LogP contribution < -0.4 is 0 Å². The average Bonchev–Trinajstić information content (AvgIpc) is 3.35. The zero-order valence-electron chi connectivity index (χ0n) is 28.3. The highest BCUT2D eigenvalue weighted by atomic mass is 32.2. The highest BCUT2D eigenvalue weighted by Gasteiger charge is 2.18. The molecule has 1 aliphatic rings. The highest BCUT2D eigenvalue weighted by molar-refractivity contribution is 7.99. The molecular formula is C45H36N4S. The number of benzene rings is 6. The molecule has 0 bridgehead atoms. The monoisotopic (exact) mass is 664 g/mol. The van der Waals surface area contributed by atoms with Gasteiger partial charge in [0.15, 0.2) is 17.5 Å². The molecule has 1 aliphatic heterocycles. The third-order valence-corrected chi connectivity index (χ3v) is 9.61. The second-order valence-corrected chi connectivity index (χ2v) is 14.1. The Morgan fingerprint density at radius 3 is 1.72 bits per heavy atom. The number of para-hydroxylation sites is 1. The second-order valence-electron chi connectivity index (χ2n) is 13.1. The molecular weight excluding hydrogens is 629 g/mol. The Labute approximate surface area is 297 Å². The standard InChI is InChI=1S/C41H26N4S.C4H10/c1-3-13-28(14-4-1)39-42-40(29-15-5-2-6-16-29)44-41(43-39)31-17-11-18-32(24-31)45-35-20-9-8-19-33(35)34-26-38-30(25-36(34)45)23-22-27-12-7-10-21-37(27)46-38;1-4(2)3/h1-26H;4H,1-3H3. The minimum atomic E-state index is 0.640. The van der Waals surface area contributed by atoms with E-state index in [2.05, 4.69) is 122 Å². The third kappa shape index (κ3) is 6.24. The van der Waals surface area contributed by atoms with Crippen LogP contribution in [0.15, 0.2) is 155 Å². The summed E-state index contributed by atoms with van der Waals surface area (Å²) in [5, 5.41) is 2.46. The van der Waals surface area contributed by atoms with Crippen molar-refractivity contribution in [3.05, 3.63) is 157 Å². The van der Waals surface area contributed by atoms with Crippen molar-refractivity contribution in [3.63, 3.8) is 0 Å². The van der Waals surface area contributed by atoms with E-state index in [1.165, 1.54) is 37.2 Å². The molecule has 0 spiro atoms. The van der Waals surface area contributed by atoms with Gasteiger partial charge < -0.3 is 4.57 Å². The molecule has 0 N–H and O–H groups in total. The van der Waals surface area contributed by atoms with E-state index in [1.54, 1.807) is 0 Å². The van der Waals surface area contributed by atoms with Crippen molar-refractivity contribution < 1.29 is 0 Å². The van der Waals surface area contributed by atoms with E-state index < -0.39 is 0 Å². The van der Waals surface area contributed by atoms with Gasteiger partial charge in [-0.1, -0.05) is 154 Å². The Morgan fingerprint density at radius 2 is 1.02 bits per heavy atom. The summed E-state index contributed by atoms with van der Waals surface area (Å²) in [6.07, 6.45) is 4.47. The molecule has 8 aromatic rings. The molecule has 0 saturated heterocycles. The summed E-state index contributed by atoms with van der Waals surface area (Å²) in [5.74, 6) is 2.78. The van der Waals surface area contributed by atoms with E-state index in [0.717, 1.165) is 33.8 Å². The Bertz CT molecular complexity index is 2440. The molecule has 50 heavy (non-hydrogen) atoms. The van der Waals surface area contributed by atoms with Gasteiger partial charge in [-0.15, -0.1) is 0 Å². The van der Waals surface area contributed by atoms with Gasteiger partial charge in [-0.25, -0.2) is 15.0 Å². The fourth-order valence-electron chi connectivity index (χ4n) is 6.24. The maximum absolute atomic E-state index is 4.99. The molecule has 0 saturated carbocycles. The van der Waals surface area contributed by atoms with Crippen molar-refractivity contribution >= 4 is 45.7 Å². The molecule has 5 heteroatoms. The number of hydrogen-bond donors (Lipinski definition) is 0. The van der Waals surface area contributed by atoms with Crippen molar-refractivity contribution in [2.24, 2.45) is 5.92 Å². The van der Waals surface area contributed by atoms with Crippen molar-refractivity contribution in [1.82, 2.24) is 19.5 Å². The lowest BCUT2D eigenvalue weighted by Gasteiger charge is -2.12. The summed E-state index contributed by atoms with van der Waals surface area (Å²) in [6.45, 7) is 6.50. The summed E-state index contributed by atoms with van der Waals surface area (Å²) in [5.41, 5.74) is 8.68. The molecule has 0 amide bonds. The quantitative estimate of drug-likeness (QED) is 0.188. The summed E-state index contributed by atoms with van der Waals surface area (Å²) >= 11 is 1.84. The van der Waals surface area contributed by atoms with Crippen LogP contribution in [0.25, 0.3) is 73.8 Å². The van der Waals surface area contributed by atoms with Crippen LogP contribution in [-0.2, 0) is 0 Å². The minimum absolute atomic E-state index is 0.640. The Morgan fingerprint density at radius 1 is 0.460 bits per heavy atom. The normalized spacial score (nSPS) is 11.9. The first-order chi connectivity index (χ1) is 24.5. The summed E-state index contributed by atoms with van der Waals surface area (Å²) in [4.78, 5) is 17.4. The predicted octanol–water partition coefficient (Wildman–Crippen LogP) is 12.3. The molecule has 3 heterocycles. The number of aromatic nitrogens is 4. The zero-order chi connectivity index (χ0) is 34.0. The van der Waals surface area contributed by atoms with Crippen LogP contribution in [0.5, 0.6) is 0 Å². The summed E-state index contributed by atoms with van der Waals surface area (Å²) in [6, 6.07) is 50.7. The largest absolute Gasteiger partial charge is 0.309 e. The first-order valence-corrected chi connectivity index (χ1v) is 17.8. The van der Waals surface area contributed by atoms with Gasteiger partial charge in [0.1, 0.15) is 0 Å². The zero-order valence-corrected chi connectivity index (χ0v) is 29.1. The number of nitrogens with zero attached hydrogens (tertiary/aromatic N) is 4. The van der Waals surface area contributed by atoms with Gasteiger partial charge in [-0.05, 0) is 53.4 Å². The number of hydrogen-bond acceptors (Lipinski definition) is 4. The van der Waals surface area contributed by atoms with Gasteiger partial charge in [0.2, 0.25) is 0 Å².